The Labute approximate surface area is 156 Å². The molecule has 2 aromatic rings. The molecule has 4 rings (SSSR count). The van der Waals surface area contributed by atoms with Crippen LogP contribution in [0.2, 0.25) is 0 Å². The fourth-order valence-electron chi connectivity index (χ4n) is 4.29. The van der Waals surface area contributed by atoms with Gasteiger partial charge in [-0.25, -0.2) is 17.2 Å². The van der Waals surface area contributed by atoms with Gasteiger partial charge in [-0.2, -0.15) is 0 Å². The SMILES string of the molecule is O=C(c1ccc(F)c(F)c1)N1C2CCC1CC(S(=O)(=O)c1ccccc1)C2. The van der Waals surface area contributed by atoms with Crippen molar-refractivity contribution in [1.29, 1.82) is 0 Å². The van der Waals surface area contributed by atoms with Gasteiger partial charge < -0.3 is 4.90 Å². The summed E-state index contributed by atoms with van der Waals surface area (Å²) >= 11 is 0. The lowest BCUT2D eigenvalue weighted by Gasteiger charge is -2.38. The average Bonchev–Trinajstić information content (AvgIpc) is 2.93. The van der Waals surface area contributed by atoms with E-state index < -0.39 is 26.7 Å². The number of carbonyl (C=O) groups excluding carboxylic acids is 1. The van der Waals surface area contributed by atoms with Gasteiger partial charge in [0.25, 0.3) is 5.91 Å². The molecule has 1 amide bonds. The van der Waals surface area contributed by atoms with Crippen LogP contribution in [0.1, 0.15) is 36.0 Å². The van der Waals surface area contributed by atoms with Crippen LogP contribution in [-0.4, -0.2) is 36.6 Å². The molecule has 2 aromatic carbocycles. The van der Waals surface area contributed by atoms with E-state index in [1.54, 1.807) is 35.2 Å². The van der Waals surface area contributed by atoms with Gasteiger partial charge in [0.2, 0.25) is 0 Å². The van der Waals surface area contributed by atoms with Crippen molar-refractivity contribution in [2.45, 2.75) is 47.9 Å². The number of hydrogen-bond donors (Lipinski definition) is 0. The molecule has 0 aromatic heterocycles. The molecule has 0 aliphatic carbocycles. The van der Waals surface area contributed by atoms with Crippen LogP contribution in [0.15, 0.2) is 53.4 Å². The molecular formula is C20H19F2NO3S. The molecule has 142 valence electrons. The van der Waals surface area contributed by atoms with Crippen LogP contribution in [0.4, 0.5) is 8.78 Å². The molecule has 2 aliphatic heterocycles. The van der Waals surface area contributed by atoms with Gasteiger partial charge in [0.1, 0.15) is 0 Å². The Hall–Kier alpha value is -2.28. The lowest BCUT2D eigenvalue weighted by molar-refractivity contribution is 0.0597. The number of hydrogen-bond acceptors (Lipinski definition) is 3. The number of piperidine rings is 1. The Bertz CT molecular complexity index is 964. The molecule has 27 heavy (non-hydrogen) atoms. The summed E-state index contributed by atoms with van der Waals surface area (Å²) in [7, 11) is -3.46. The Morgan fingerprint density at radius 3 is 2.15 bits per heavy atom. The Morgan fingerprint density at radius 2 is 1.56 bits per heavy atom. The number of halogens is 2. The van der Waals surface area contributed by atoms with Crippen molar-refractivity contribution < 1.29 is 22.0 Å². The first kappa shape index (κ1) is 18.1. The molecule has 2 fully saturated rings. The number of rotatable bonds is 3. The lowest BCUT2D eigenvalue weighted by atomic mass is 10.0. The summed E-state index contributed by atoms with van der Waals surface area (Å²) in [6, 6.07) is 11.1. The first-order valence-electron chi connectivity index (χ1n) is 8.94. The quantitative estimate of drug-likeness (QED) is 0.804. The van der Waals surface area contributed by atoms with Crippen molar-refractivity contribution in [2.75, 3.05) is 0 Å². The summed E-state index contributed by atoms with van der Waals surface area (Å²) in [4.78, 5) is 14.8. The normalized spacial score (nSPS) is 24.8. The average molecular weight is 391 g/mol. The van der Waals surface area contributed by atoms with E-state index in [4.69, 9.17) is 0 Å². The molecular weight excluding hydrogens is 372 g/mol. The smallest absolute Gasteiger partial charge is 0.254 e. The van der Waals surface area contributed by atoms with Crippen LogP contribution in [0.3, 0.4) is 0 Å². The number of benzene rings is 2. The molecule has 2 aliphatic rings. The minimum Gasteiger partial charge on any atom is -0.333 e. The van der Waals surface area contributed by atoms with Gasteiger partial charge in [-0.15, -0.1) is 0 Å². The van der Waals surface area contributed by atoms with Crippen molar-refractivity contribution in [3.05, 3.63) is 65.7 Å². The highest BCUT2D eigenvalue weighted by Crippen LogP contribution is 2.40. The molecule has 0 saturated carbocycles. The standard InChI is InChI=1S/C20H19F2NO3S/c21-18-9-6-13(10-19(18)22)20(24)23-14-7-8-15(23)12-17(11-14)27(25,26)16-4-2-1-3-5-16/h1-6,9-10,14-15,17H,7-8,11-12H2. The van der Waals surface area contributed by atoms with Crippen molar-refractivity contribution in [3.63, 3.8) is 0 Å². The van der Waals surface area contributed by atoms with Crippen molar-refractivity contribution in [2.24, 2.45) is 0 Å². The zero-order chi connectivity index (χ0) is 19.2. The van der Waals surface area contributed by atoms with Crippen LogP contribution < -0.4 is 0 Å². The summed E-state index contributed by atoms with van der Waals surface area (Å²) in [5.41, 5.74) is 0.0927. The third-order valence-electron chi connectivity index (χ3n) is 5.60. The fourth-order valence-corrected chi connectivity index (χ4v) is 6.17. The van der Waals surface area contributed by atoms with Gasteiger partial charge in [0.05, 0.1) is 10.1 Å². The second-order valence-corrected chi connectivity index (χ2v) is 9.41. The van der Waals surface area contributed by atoms with Crippen LogP contribution in [0, 0.1) is 11.6 Å². The summed E-state index contributed by atoms with van der Waals surface area (Å²) in [5.74, 6) is -2.42. The van der Waals surface area contributed by atoms with E-state index in [0.717, 1.165) is 25.0 Å². The van der Waals surface area contributed by atoms with Gasteiger partial charge in [-0.1, -0.05) is 18.2 Å². The Kier molecular flexibility index (Phi) is 4.50. The van der Waals surface area contributed by atoms with E-state index in [1.807, 2.05) is 0 Å². The molecule has 7 heteroatoms. The van der Waals surface area contributed by atoms with Crippen LogP contribution >= 0.6 is 0 Å². The lowest BCUT2D eigenvalue weighted by Crippen LogP contribution is -2.49. The Morgan fingerprint density at radius 1 is 0.926 bits per heavy atom. The molecule has 0 spiro atoms. The minimum atomic E-state index is -3.46. The van der Waals surface area contributed by atoms with E-state index in [2.05, 4.69) is 0 Å². The minimum absolute atomic E-state index is 0.0927. The van der Waals surface area contributed by atoms with Crippen LogP contribution in [0.5, 0.6) is 0 Å². The van der Waals surface area contributed by atoms with E-state index in [-0.39, 0.29) is 23.6 Å². The number of carbonyl (C=O) groups is 1. The van der Waals surface area contributed by atoms with E-state index >= 15 is 0 Å². The monoisotopic (exact) mass is 391 g/mol. The molecule has 2 unspecified atom stereocenters. The van der Waals surface area contributed by atoms with Gasteiger partial charge in [-0.3, -0.25) is 4.79 Å². The highest BCUT2D eigenvalue weighted by molar-refractivity contribution is 7.92. The molecule has 2 saturated heterocycles. The number of sulfone groups is 1. The van der Waals surface area contributed by atoms with Crippen molar-refractivity contribution in [3.8, 4) is 0 Å². The maximum atomic E-state index is 13.5. The third kappa shape index (κ3) is 3.14. The van der Waals surface area contributed by atoms with Gasteiger partial charge in [0.15, 0.2) is 21.5 Å². The van der Waals surface area contributed by atoms with E-state index in [0.29, 0.717) is 17.7 Å². The van der Waals surface area contributed by atoms with Crippen molar-refractivity contribution >= 4 is 15.7 Å². The molecule has 4 nitrogen and oxygen atoms in total. The zero-order valence-corrected chi connectivity index (χ0v) is 15.3. The molecule has 2 bridgehead atoms. The Balaban J connectivity index is 1.57. The second kappa shape index (κ2) is 6.71. The maximum Gasteiger partial charge on any atom is 0.254 e. The third-order valence-corrected chi connectivity index (χ3v) is 7.79. The molecule has 2 heterocycles. The summed E-state index contributed by atoms with van der Waals surface area (Å²) in [5, 5.41) is -0.536. The van der Waals surface area contributed by atoms with Gasteiger partial charge in [-0.05, 0) is 56.0 Å². The second-order valence-electron chi connectivity index (χ2n) is 7.18. The molecule has 0 radical (unpaired) electrons. The van der Waals surface area contributed by atoms with Gasteiger partial charge >= 0.3 is 0 Å². The fraction of sp³-hybridized carbons (Fsp3) is 0.350. The summed E-state index contributed by atoms with van der Waals surface area (Å²) < 4.78 is 52.5. The van der Waals surface area contributed by atoms with Crippen LogP contribution in [0.25, 0.3) is 0 Å². The number of fused-ring (bicyclic) bond motifs is 2. The van der Waals surface area contributed by atoms with E-state index in [9.17, 15) is 22.0 Å². The van der Waals surface area contributed by atoms with Gasteiger partial charge in [0, 0.05) is 17.6 Å². The number of amides is 1. The molecule has 2 atom stereocenters. The molecule has 0 N–H and O–H groups in total. The highest BCUT2D eigenvalue weighted by atomic mass is 32.2. The van der Waals surface area contributed by atoms with Crippen molar-refractivity contribution in [1.82, 2.24) is 4.90 Å². The van der Waals surface area contributed by atoms with Crippen LogP contribution in [-0.2, 0) is 9.84 Å². The largest absolute Gasteiger partial charge is 0.333 e. The summed E-state index contributed by atoms with van der Waals surface area (Å²) in [6.45, 7) is 0. The van der Waals surface area contributed by atoms with E-state index in [1.165, 1.54) is 6.07 Å². The maximum absolute atomic E-state index is 13.5. The first-order valence-corrected chi connectivity index (χ1v) is 10.5. The summed E-state index contributed by atoms with van der Waals surface area (Å²) in [6.07, 6.45) is 2.17. The highest BCUT2D eigenvalue weighted by Gasteiger charge is 2.47. The predicted octanol–water partition coefficient (Wildman–Crippen LogP) is 3.57. The predicted molar refractivity (Wildman–Crippen MR) is 96.0 cm³/mol. The number of nitrogens with zero attached hydrogens (tertiary/aromatic N) is 1. The first-order chi connectivity index (χ1) is 12.9. The zero-order valence-electron chi connectivity index (χ0n) is 14.5. The topological polar surface area (TPSA) is 54.5 Å².